The van der Waals surface area contributed by atoms with Crippen LogP contribution in [0.25, 0.3) is 11.1 Å². The summed E-state index contributed by atoms with van der Waals surface area (Å²) in [7, 11) is 0. The first-order chi connectivity index (χ1) is 19.3. The molecule has 11 heteroatoms. The van der Waals surface area contributed by atoms with E-state index in [4.69, 9.17) is 4.74 Å². The first-order valence-corrected chi connectivity index (χ1v) is 16.3. The number of nitrogens with one attached hydrogen (secondary N) is 2. The van der Waals surface area contributed by atoms with Crippen LogP contribution in [0.2, 0.25) is 0 Å². The Morgan fingerprint density at radius 2 is 1.80 bits per heavy atom. The van der Waals surface area contributed by atoms with Crippen LogP contribution in [0.4, 0.5) is 0 Å². The van der Waals surface area contributed by atoms with E-state index in [1.165, 1.54) is 24.5 Å². The zero-order chi connectivity index (χ0) is 28.6. The van der Waals surface area contributed by atoms with Crippen molar-refractivity contribution < 1.29 is 24.9 Å². The Hall–Kier alpha value is -1.73. The van der Waals surface area contributed by atoms with E-state index in [-0.39, 0.29) is 17.2 Å². The van der Waals surface area contributed by atoms with Crippen LogP contribution in [0.3, 0.4) is 0 Å². The highest BCUT2D eigenvalue weighted by atomic mass is 32.2. The number of rotatable bonds is 10. The number of thioether (sulfide) groups is 2. The first kappa shape index (κ1) is 31.2. The Morgan fingerprint density at radius 1 is 1.07 bits per heavy atom. The van der Waals surface area contributed by atoms with E-state index in [1.54, 1.807) is 30.4 Å². The van der Waals surface area contributed by atoms with Gasteiger partial charge in [0.05, 0.1) is 12.1 Å². The fourth-order valence-electron chi connectivity index (χ4n) is 5.59. The number of aliphatic hydroxyl groups excluding tert-OH is 3. The number of benzene rings is 1. The second-order valence-corrected chi connectivity index (χ2v) is 13.1. The van der Waals surface area contributed by atoms with Gasteiger partial charge in [0.2, 0.25) is 5.91 Å². The molecule has 1 aromatic heterocycles. The zero-order valence-corrected chi connectivity index (χ0v) is 25.0. The van der Waals surface area contributed by atoms with Crippen molar-refractivity contribution in [2.24, 2.45) is 5.92 Å². The van der Waals surface area contributed by atoms with Gasteiger partial charge >= 0.3 is 0 Å². The molecule has 9 nitrogen and oxygen atoms in total. The number of aromatic nitrogens is 2. The summed E-state index contributed by atoms with van der Waals surface area (Å²) < 4.78 is 6.13. The number of nitrogens with zero attached hydrogens (tertiary/aromatic N) is 2. The lowest BCUT2D eigenvalue weighted by Gasteiger charge is -2.44. The van der Waals surface area contributed by atoms with Crippen molar-refractivity contribution in [3.05, 3.63) is 43.0 Å². The Labute approximate surface area is 245 Å². The third-order valence-electron chi connectivity index (χ3n) is 7.90. The average molecular weight is 591 g/mol. The van der Waals surface area contributed by atoms with Crippen molar-refractivity contribution in [1.82, 2.24) is 20.6 Å². The summed E-state index contributed by atoms with van der Waals surface area (Å²) in [4.78, 5) is 22.7. The molecule has 5 unspecified atom stereocenters. The molecule has 0 aliphatic carbocycles. The topological polar surface area (TPSA) is 137 Å². The molecule has 40 heavy (non-hydrogen) atoms. The summed E-state index contributed by atoms with van der Waals surface area (Å²) in [5, 5.41) is 38.4. The van der Waals surface area contributed by atoms with Crippen molar-refractivity contribution in [2.75, 3.05) is 12.8 Å². The van der Waals surface area contributed by atoms with Gasteiger partial charge in [-0.15, -0.1) is 23.5 Å². The predicted molar refractivity (Wildman–Crippen MR) is 159 cm³/mol. The van der Waals surface area contributed by atoms with Gasteiger partial charge in [-0.2, -0.15) is 0 Å². The SMILES string of the molecule is CCC[C@@H]1CCN[C@H](C(=O)N[C@@H](C2OC(SC)C(O)C(O)C2O)[C@H](C)Sc2ccc(-c3cncnc3)cc2)CC1. The summed E-state index contributed by atoms with van der Waals surface area (Å²) in [6.07, 6.45) is 7.04. The fourth-order valence-corrected chi connectivity index (χ4v) is 7.36. The smallest absolute Gasteiger partial charge is 0.237 e. The molecule has 0 bridgehead atoms. The molecule has 3 heterocycles. The molecule has 1 amide bonds. The Bertz CT molecular complexity index is 1060. The maximum atomic E-state index is 13.6. The number of carbonyl (C=O) groups is 1. The lowest BCUT2D eigenvalue weighted by molar-refractivity contribution is -0.205. The van der Waals surface area contributed by atoms with E-state index in [1.807, 2.05) is 31.2 Å². The molecular weight excluding hydrogens is 548 g/mol. The van der Waals surface area contributed by atoms with Crippen molar-refractivity contribution in [2.45, 2.75) is 98.0 Å². The molecule has 0 saturated carbocycles. The van der Waals surface area contributed by atoms with E-state index in [2.05, 4.69) is 27.5 Å². The summed E-state index contributed by atoms with van der Waals surface area (Å²) >= 11 is 2.82. The molecule has 4 rings (SSSR count). The number of hydrogen-bond acceptors (Lipinski definition) is 10. The quantitative estimate of drug-likeness (QED) is 0.263. The van der Waals surface area contributed by atoms with Crippen LogP contribution >= 0.6 is 23.5 Å². The van der Waals surface area contributed by atoms with Gasteiger partial charge in [-0.3, -0.25) is 4.79 Å². The van der Waals surface area contributed by atoms with Gasteiger partial charge in [-0.25, -0.2) is 9.97 Å². The lowest BCUT2D eigenvalue weighted by Crippen LogP contribution is -2.65. The highest BCUT2D eigenvalue weighted by Gasteiger charge is 2.48. The normalized spacial score (nSPS) is 30.7. The molecule has 2 aliphatic rings. The Balaban J connectivity index is 1.52. The van der Waals surface area contributed by atoms with Crippen LogP contribution in [0.5, 0.6) is 0 Å². The van der Waals surface area contributed by atoms with Gasteiger partial charge in [0, 0.05) is 28.1 Å². The number of aliphatic hydroxyl groups is 3. The van der Waals surface area contributed by atoms with Gasteiger partial charge in [-0.1, -0.05) is 38.8 Å². The van der Waals surface area contributed by atoms with E-state index in [0.717, 1.165) is 48.3 Å². The average Bonchev–Trinajstić information content (AvgIpc) is 3.22. The molecule has 2 saturated heterocycles. The van der Waals surface area contributed by atoms with Gasteiger partial charge < -0.3 is 30.7 Å². The molecule has 0 spiro atoms. The van der Waals surface area contributed by atoms with E-state index in [0.29, 0.717) is 5.92 Å². The van der Waals surface area contributed by atoms with Crippen molar-refractivity contribution in [3.8, 4) is 11.1 Å². The lowest BCUT2D eigenvalue weighted by atomic mass is 9.92. The number of ether oxygens (including phenoxy) is 1. The highest BCUT2D eigenvalue weighted by molar-refractivity contribution is 8.00. The third-order valence-corrected chi connectivity index (χ3v) is 9.96. The van der Waals surface area contributed by atoms with Gasteiger partial charge in [-0.05, 0) is 55.7 Å². The molecule has 9 atom stereocenters. The molecule has 220 valence electrons. The van der Waals surface area contributed by atoms with Crippen LogP contribution in [0.15, 0.2) is 47.9 Å². The maximum absolute atomic E-state index is 13.6. The zero-order valence-electron chi connectivity index (χ0n) is 23.3. The molecular formula is C29H42N4O5S2. The van der Waals surface area contributed by atoms with Crippen molar-refractivity contribution >= 4 is 29.4 Å². The highest BCUT2D eigenvalue weighted by Crippen LogP contribution is 2.34. The van der Waals surface area contributed by atoms with Gasteiger partial charge in [0.15, 0.2) is 0 Å². The molecule has 0 radical (unpaired) electrons. The predicted octanol–water partition coefficient (Wildman–Crippen LogP) is 2.84. The number of amides is 1. The second-order valence-electron chi connectivity index (χ2n) is 10.7. The molecule has 2 aliphatic heterocycles. The fraction of sp³-hybridized carbons (Fsp3) is 0.621. The van der Waals surface area contributed by atoms with Gasteiger partial charge in [0.1, 0.15) is 36.2 Å². The monoisotopic (exact) mass is 590 g/mol. The third kappa shape index (κ3) is 7.76. The molecule has 2 aromatic rings. The number of hydrogen-bond donors (Lipinski definition) is 5. The van der Waals surface area contributed by atoms with E-state index >= 15 is 0 Å². The minimum atomic E-state index is -1.38. The minimum absolute atomic E-state index is 0.133. The van der Waals surface area contributed by atoms with Crippen LogP contribution in [-0.2, 0) is 9.53 Å². The Morgan fingerprint density at radius 3 is 2.48 bits per heavy atom. The van der Waals surface area contributed by atoms with Crippen LogP contribution in [0, 0.1) is 5.92 Å². The summed E-state index contributed by atoms with van der Waals surface area (Å²) in [5.41, 5.74) is 1.19. The number of carbonyl (C=O) groups excluding carboxylic acids is 1. The van der Waals surface area contributed by atoms with Crippen LogP contribution in [-0.4, -0.2) is 91.2 Å². The Kier molecular flexibility index (Phi) is 11.7. The van der Waals surface area contributed by atoms with Gasteiger partial charge in [0.25, 0.3) is 0 Å². The first-order valence-electron chi connectivity index (χ1n) is 14.1. The van der Waals surface area contributed by atoms with Crippen molar-refractivity contribution in [3.63, 3.8) is 0 Å². The summed E-state index contributed by atoms with van der Waals surface area (Å²) in [6, 6.07) is 7.05. The minimum Gasteiger partial charge on any atom is -0.388 e. The van der Waals surface area contributed by atoms with E-state index < -0.39 is 35.9 Å². The summed E-state index contributed by atoms with van der Waals surface area (Å²) in [6.45, 7) is 4.96. The maximum Gasteiger partial charge on any atom is 0.237 e. The molecule has 2 fully saturated rings. The standard InChI is InChI=1S/C29H42N4O5S2/c1-4-5-18-6-11-22(32-13-12-18)28(37)33-23(27-25(35)24(34)26(36)29(38-27)39-3)17(2)40-21-9-7-19(8-10-21)20-14-30-16-31-15-20/h7-10,14-18,22-27,29,32,34-36H,4-6,11-13H2,1-3H3,(H,33,37)/t17-,18-,22-,23+,24?,25?,26?,27?,29?/m0/s1. The summed E-state index contributed by atoms with van der Waals surface area (Å²) in [5.74, 6) is 0.486. The van der Waals surface area contributed by atoms with Crippen molar-refractivity contribution in [1.29, 1.82) is 0 Å². The largest absolute Gasteiger partial charge is 0.388 e. The molecule has 5 N–H and O–H groups in total. The van der Waals surface area contributed by atoms with E-state index in [9.17, 15) is 20.1 Å². The van der Waals surface area contributed by atoms with Crippen LogP contribution in [0.1, 0.15) is 46.0 Å². The van der Waals surface area contributed by atoms with Crippen LogP contribution < -0.4 is 10.6 Å². The second kappa shape index (κ2) is 14.9. The molecule has 1 aromatic carbocycles.